The third-order valence-corrected chi connectivity index (χ3v) is 8.28. The van der Waals surface area contributed by atoms with Crippen molar-refractivity contribution in [3.63, 3.8) is 0 Å². The van der Waals surface area contributed by atoms with E-state index in [2.05, 4.69) is 35.6 Å². The zero-order valence-electron chi connectivity index (χ0n) is 17.4. The molecule has 2 aliphatic rings. The number of piperazine rings is 1. The van der Waals surface area contributed by atoms with E-state index in [1.54, 1.807) is 11.4 Å². The molecule has 0 aliphatic carbocycles. The first-order chi connectivity index (χ1) is 15.1. The van der Waals surface area contributed by atoms with Gasteiger partial charge >= 0.3 is 0 Å². The lowest BCUT2D eigenvalue weighted by Gasteiger charge is -2.58. The van der Waals surface area contributed by atoms with E-state index in [4.69, 9.17) is 4.74 Å². The van der Waals surface area contributed by atoms with Crippen LogP contribution in [-0.2, 0) is 15.8 Å². The number of fused-ring (bicyclic) bond motifs is 2. The van der Waals surface area contributed by atoms with Gasteiger partial charge in [0, 0.05) is 31.1 Å². The number of hydrogen-bond acceptors (Lipinski definition) is 4. The van der Waals surface area contributed by atoms with Gasteiger partial charge in [0.2, 0.25) is 10.0 Å². The first-order valence-corrected chi connectivity index (χ1v) is 12.2. The number of rotatable bonds is 6. The maximum atomic E-state index is 13.2. The molecule has 0 saturated carbocycles. The van der Waals surface area contributed by atoms with Crippen molar-refractivity contribution in [1.29, 1.82) is 0 Å². The Kier molecular flexibility index (Phi) is 5.30. The quantitative estimate of drug-likeness (QED) is 0.644. The lowest BCUT2D eigenvalue weighted by Crippen LogP contribution is -2.73. The normalized spacial score (nSPS) is 23.2. The third-order valence-electron chi connectivity index (χ3n) is 6.40. The first-order valence-electron chi connectivity index (χ1n) is 10.6. The summed E-state index contributed by atoms with van der Waals surface area (Å²) in [7, 11) is -1.69. The van der Waals surface area contributed by atoms with Gasteiger partial charge in [0.15, 0.2) is 0 Å². The van der Waals surface area contributed by atoms with E-state index in [-0.39, 0.29) is 23.8 Å². The summed E-state index contributed by atoms with van der Waals surface area (Å²) in [6.45, 7) is 1.37. The third kappa shape index (κ3) is 3.76. The molecule has 6 heteroatoms. The highest BCUT2D eigenvalue weighted by Gasteiger charge is 2.56. The second kappa shape index (κ2) is 8.11. The first kappa shape index (κ1) is 20.2. The van der Waals surface area contributed by atoms with E-state index >= 15 is 0 Å². The molecule has 2 bridgehead atoms. The Hall–Kier alpha value is -2.67. The van der Waals surface area contributed by atoms with Gasteiger partial charge in [-0.2, -0.15) is 4.31 Å². The Morgan fingerprint density at radius 2 is 1.61 bits per heavy atom. The number of nitrogens with one attached hydrogen (secondary N) is 1. The molecule has 1 unspecified atom stereocenters. The van der Waals surface area contributed by atoms with Crippen molar-refractivity contribution in [2.45, 2.75) is 23.8 Å². The molecular weight excluding hydrogens is 408 g/mol. The van der Waals surface area contributed by atoms with Gasteiger partial charge in [0.1, 0.15) is 5.75 Å². The molecule has 2 fully saturated rings. The van der Waals surface area contributed by atoms with Gasteiger partial charge in [-0.25, -0.2) is 8.42 Å². The predicted octanol–water partition coefficient (Wildman–Crippen LogP) is 3.63. The molecule has 3 aromatic rings. The number of piperidine rings is 1. The van der Waals surface area contributed by atoms with Crippen LogP contribution in [0.2, 0.25) is 0 Å². The molecule has 0 radical (unpaired) electrons. The lowest BCUT2D eigenvalue weighted by atomic mass is 9.74. The highest BCUT2D eigenvalue weighted by Crippen LogP contribution is 2.45. The van der Waals surface area contributed by atoms with Gasteiger partial charge in [0.05, 0.1) is 12.9 Å². The minimum Gasteiger partial charge on any atom is -0.497 e. The molecule has 0 amide bonds. The summed E-state index contributed by atoms with van der Waals surface area (Å²) in [5, 5.41) is 3.38. The van der Waals surface area contributed by atoms with Crippen LogP contribution in [0.25, 0.3) is 11.1 Å². The zero-order valence-corrected chi connectivity index (χ0v) is 18.3. The minimum absolute atomic E-state index is 0.0323. The van der Waals surface area contributed by atoms with E-state index in [0.717, 1.165) is 22.4 Å². The summed E-state index contributed by atoms with van der Waals surface area (Å²) in [4.78, 5) is 0. The second-order valence-corrected chi connectivity index (χ2v) is 10.1. The van der Waals surface area contributed by atoms with E-state index in [1.807, 2.05) is 48.5 Å². The van der Waals surface area contributed by atoms with Gasteiger partial charge in [-0.05, 0) is 34.4 Å². The van der Waals surface area contributed by atoms with Crippen molar-refractivity contribution < 1.29 is 13.2 Å². The largest absolute Gasteiger partial charge is 0.497 e. The van der Waals surface area contributed by atoms with Gasteiger partial charge < -0.3 is 10.1 Å². The maximum absolute atomic E-state index is 13.2. The van der Waals surface area contributed by atoms with E-state index in [9.17, 15) is 8.42 Å². The number of ether oxygens (including phenoxy) is 1. The Morgan fingerprint density at radius 3 is 2.29 bits per heavy atom. The van der Waals surface area contributed by atoms with E-state index in [0.29, 0.717) is 13.1 Å². The summed E-state index contributed by atoms with van der Waals surface area (Å²) < 4.78 is 33.4. The van der Waals surface area contributed by atoms with Crippen molar-refractivity contribution in [2.24, 2.45) is 0 Å². The fourth-order valence-corrected chi connectivity index (χ4v) is 6.95. The van der Waals surface area contributed by atoms with Crippen LogP contribution in [0.4, 0.5) is 0 Å². The molecule has 2 heterocycles. The van der Waals surface area contributed by atoms with Crippen LogP contribution >= 0.6 is 0 Å². The number of hydrogen-bond donors (Lipinski definition) is 1. The molecule has 0 spiro atoms. The fraction of sp³-hybridized carbons (Fsp3) is 0.280. The molecule has 2 aliphatic heterocycles. The molecule has 3 atom stereocenters. The monoisotopic (exact) mass is 434 g/mol. The maximum Gasteiger partial charge on any atom is 0.218 e. The summed E-state index contributed by atoms with van der Waals surface area (Å²) in [5.74, 6) is 1.12. The summed E-state index contributed by atoms with van der Waals surface area (Å²) in [6, 6.07) is 25.9. The summed E-state index contributed by atoms with van der Waals surface area (Å²) in [6.07, 6.45) is 0. The minimum atomic E-state index is -3.36. The van der Waals surface area contributed by atoms with Crippen molar-refractivity contribution in [3.05, 3.63) is 90.0 Å². The lowest BCUT2D eigenvalue weighted by molar-refractivity contribution is 0.0369. The Morgan fingerprint density at radius 1 is 0.903 bits per heavy atom. The van der Waals surface area contributed by atoms with E-state index < -0.39 is 10.0 Å². The van der Waals surface area contributed by atoms with Crippen LogP contribution in [-0.4, -0.2) is 45.0 Å². The Balaban J connectivity index is 1.36. The highest BCUT2D eigenvalue weighted by molar-refractivity contribution is 7.88. The van der Waals surface area contributed by atoms with E-state index in [1.165, 1.54) is 5.56 Å². The van der Waals surface area contributed by atoms with Crippen LogP contribution in [0.1, 0.15) is 17.0 Å². The SMILES string of the molecule is COc1cccc(-c2ccc(C3[C@H]4CNC[C@@H]3N4S(=O)(=O)Cc3ccccc3)cc2)c1. The summed E-state index contributed by atoms with van der Waals surface area (Å²) in [5.41, 5.74) is 4.26. The highest BCUT2D eigenvalue weighted by atomic mass is 32.2. The molecule has 160 valence electrons. The van der Waals surface area contributed by atoms with Crippen LogP contribution in [0.3, 0.4) is 0 Å². The van der Waals surface area contributed by atoms with Crippen LogP contribution in [0.15, 0.2) is 78.9 Å². The van der Waals surface area contributed by atoms with Crippen LogP contribution in [0.5, 0.6) is 5.75 Å². The number of nitrogens with zero attached hydrogens (tertiary/aromatic N) is 1. The second-order valence-electron chi connectivity index (χ2n) is 8.24. The van der Waals surface area contributed by atoms with Crippen molar-refractivity contribution >= 4 is 10.0 Å². The van der Waals surface area contributed by atoms with Crippen LogP contribution in [0, 0.1) is 0 Å². The van der Waals surface area contributed by atoms with Crippen molar-refractivity contribution in [1.82, 2.24) is 9.62 Å². The van der Waals surface area contributed by atoms with Gasteiger partial charge in [-0.15, -0.1) is 0 Å². The predicted molar refractivity (Wildman–Crippen MR) is 123 cm³/mol. The number of benzene rings is 3. The molecule has 5 nitrogen and oxygen atoms in total. The molecule has 0 aromatic heterocycles. The molecule has 1 N–H and O–H groups in total. The smallest absolute Gasteiger partial charge is 0.218 e. The number of methoxy groups -OCH3 is 1. The average molecular weight is 435 g/mol. The zero-order chi connectivity index (χ0) is 21.4. The standard InChI is InChI=1S/C25H26N2O3S/c1-30-22-9-5-8-21(14-22)19-10-12-20(13-11-19)25-23-15-26-16-24(25)27(23)31(28,29)17-18-6-3-2-4-7-18/h2-14,23-26H,15-17H2,1H3/t23-,24+,25?. The fourth-order valence-electron chi connectivity index (χ4n) is 4.95. The molecular formula is C25H26N2O3S. The molecule has 3 aromatic carbocycles. The molecule has 31 heavy (non-hydrogen) atoms. The Bertz CT molecular complexity index is 1150. The molecule has 2 saturated heterocycles. The van der Waals surface area contributed by atoms with Crippen molar-refractivity contribution in [2.75, 3.05) is 20.2 Å². The molecule has 5 rings (SSSR count). The van der Waals surface area contributed by atoms with Gasteiger partial charge in [-0.1, -0.05) is 66.7 Å². The summed E-state index contributed by atoms with van der Waals surface area (Å²) >= 11 is 0. The van der Waals surface area contributed by atoms with Gasteiger partial charge in [-0.3, -0.25) is 0 Å². The average Bonchev–Trinajstić information content (AvgIpc) is 2.80. The number of sulfonamides is 1. The van der Waals surface area contributed by atoms with Gasteiger partial charge in [0.25, 0.3) is 0 Å². The topological polar surface area (TPSA) is 58.6 Å². The van der Waals surface area contributed by atoms with Crippen molar-refractivity contribution in [3.8, 4) is 16.9 Å². The van der Waals surface area contributed by atoms with Crippen LogP contribution < -0.4 is 10.1 Å². The Labute approximate surface area is 183 Å².